The number of hydrogen-bond acceptors (Lipinski definition) is 4. The SMILES string of the molecule is CC(C)(NC(=O)CCCN)c1ccc([N+](=O)[O-])cc1. The summed E-state index contributed by atoms with van der Waals surface area (Å²) in [6.07, 6.45) is 1.02. The molecule has 0 aliphatic rings. The Morgan fingerprint density at radius 2 is 1.95 bits per heavy atom. The van der Waals surface area contributed by atoms with E-state index < -0.39 is 10.5 Å². The Labute approximate surface area is 112 Å². The number of amides is 1. The van der Waals surface area contributed by atoms with E-state index in [2.05, 4.69) is 5.32 Å². The van der Waals surface area contributed by atoms with E-state index in [-0.39, 0.29) is 11.6 Å². The van der Waals surface area contributed by atoms with Crippen LogP contribution in [0.4, 0.5) is 5.69 Å². The van der Waals surface area contributed by atoms with Crippen molar-refractivity contribution < 1.29 is 9.72 Å². The van der Waals surface area contributed by atoms with Crippen LogP contribution in [0.2, 0.25) is 0 Å². The first kappa shape index (κ1) is 15.1. The Morgan fingerprint density at radius 3 is 2.42 bits per heavy atom. The number of benzene rings is 1. The normalized spacial score (nSPS) is 11.1. The second kappa shape index (κ2) is 6.29. The molecular formula is C13H19N3O3. The average Bonchev–Trinajstić information content (AvgIpc) is 2.36. The van der Waals surface area contributed by atoms with Crippen LogP contribution in [-0.4, -0.2) is 17.4 Å². The van der Waals surface area contributed by atoms with E-state index >= 15 is 0 Å². The lowest BCUT2D eigenvalue weighted by Gasteiger charge is -2.27. The molecule has 1 rings (SSSR count). The molecule has 6 heteroatoms. The number of non-ortho nitro benzene ring substituents is 1. The first-order chi connectivity index (χ1) is 8.86. The number of rotatable bonds is 6. The Morgan fingerprint density at radius 1 is 1.37 bits per heavy atom. The van der Waals surface area contributed by atoms with E-state index in [1.54, 1.807) is 12.1 Å². The standard InChI is InChI=1S/C13H19N3O3/c1-13(2,15-12(17)4-3-9-14)10-5-7-11(8-6-10)16(18)19/h5-8H,3-4,9,14H2,1-2H3,(H,15,17). The minimum absolute atomic E-state index is 0.0361. The quantitative estimate of drug-likeness (QED) is 0.604. The number of hydrogen-bond donors (Lipinski definition) is 2. The summed E-state index contributed by atoms with van der Waals surface area (Å²) in [6, 6.07) is 6.18. The Balaban J connectivity index is 2.76. The largest absolute Gasteiger partial charge is 0.347 e. The molecule has 104 valence electrons. The molecule has 0 atom stereocenters. The third kappa shape index (κ3) is 4.33. The minimum Gasteiger partial charge on any atom is -0.347 e. The number of nitro benzene ring substituents is 1. The first-order valence-electron chi connectivity index (χ1n) is 6.13. The van der Waals surface area contributed by atoms with Crippen molar-refractivity contribution in [1.82, 2.24) is 5.32 Å². The maximum Gasteiger partial charge on any atom is 0.269 e. The van der Waals surface area contributed by atoms with Crippen LogP contribution in [-0.2, 0) is 10.3 Å². The fourth-order valence-corrected chi connectivity index (χ4v) is 1.75. The molecular weight excluding hydrogens is 246 g/mol. The molecule has 0 unspecified atom stereocenters. The van der Waals surface area contributed by atoms with Gasteiger partial charge in [0.15, 0.2) is 0 Å². The summed E-state index contributed by atoms with van der Waals surface area (Å²) >= 11 is 0. The van der Waals surface area contributed by atoms with Crippen molar-refractivity contribution in [3.8, 4) is 0 Å². The highest BCUT2D eigenvalue weighted by atomic mass is 16.6. The van der Waals surface area contributed by atoms with E-state index in [1.165, 1.54) is 12.1 Å². The monoisotopic (exact) mass is 265 g/mol. The van der Waals surface area contributed by atoms with Crippen LogP contribution < -0.4 is 11.1 Å². The zero-order chi connectivity index (χ0) is 14.5. The van der Waals surface area contributed by atoms with Gasteiger partial charge in [-0.25, -0.2) is 0 Å². The van der Waals surface area contributed by atoms with Gasteiger partial charge in [-0.3, -0.25) is 14.9 Å². The number of nitrogens with zero attached hydrogens (tertiary/aromatic N) is 1. The molecule has 1 amide bonds. The van der Waals surface area contributed by atoms with Gasteiger partial charge in [0, 0.05) is 18.6 Å². The van der Waals surface area contributed by atoms with Gasteiger partial charge in [0.05, 0.1) is 10.5 Å². The Bertz CT molecular complexity index is 455. The van der Waals surface area contributed by atoms with Crippen LogP contribution in [0.5, 0.6) is 0 Å². The smallest absolute Gasteiger partial charge is 0.269 e. The lowest BCUT2D eigenvalue weighted by atomic mass is 9.94. The molecule has 0 saturated heterocycles. The fraction of sp³-hybridized carbons (Fsp3) is 0.462. The molecule has 0 aromatic heterocycles. The number of nitro groups is 1. The molecule has 0 aliphatic heterocycles. The highest BCUT2D eigenvalue weighted by Gasteiger charge is 2.23. The zero-order valence-corrected chi connectivity index (χ0v) is 11.2. The van der Waals surface area contributed by atoms with Gasteiger partial charge in [0.25, 0.3) is 5.69 Å². The fourth-order valence-electron chi connectivity index (χ4n) is 1.75. The summed E-state index contributed by atoms with van der Waals surface area (Å²) in [7, 11) is 0. The van der Waals surface area contributed by atoms with Gasteiger partial charge in [-0.15, -0.1) is 0 Å². The molecule has 0 radical (unpaired) electrons. The van der Waals surface area contributed by atoms with Crippen LogP contribution >= 0.6 is 0 Å². The molecule has 0 spiro atoms. The summed E-state index contributed by atoms with van der Waals surface area (Å²) in [4.78, 5) is 21.8. The molecule has 0 bridgehead atoms. The lowest BCUT2D eigenvalue weighted by Crippen LogP contribution is -2.41. The number of nitrogens with one attached hydrogen (secondary N) is 1. The van der Waals surface area contributed by atoms with E-state index in [0.717, 1.165) is 5.56 Å². The van der Waals surface area contributed by atoms with Crippen molar-refractivity contribution in [2.45, 2.75) is 32.2 Å². The zero-order valence-electron chi connectivity index (χ0n) is 11.2. The average molecular weight is 265 g/mol. The van der Waals surface area contributed by atoms with Crippen molar-refractivity contribution in [2.24, 2.45) is 5.73 Å². The lowest BCUT2D eigenvalue weighted by molar-refractivity contribution is -0.384. The predicted molar refractivity (Wildman–Crippen MR) is 72.6 cm³/mol. The van der Waals surface area contributed by atoms with Crippen molar-refractivity contribution >= 4 is 11.6 Å². The van der Waals surface area contributed by atoms with Crippen molar-refractivity contribution in [2.75, 3.05) is 6.54 Å². The minimum atomic E-state index is -0.569. The van der Waals surface area contributed by atoms with Gasteiger partial charge < -0.3 is 11.1 Å². The van der Waals surface area contributed by atoms with E-state index in [4.69, 9.17) is 5.73 Å². The van der Waals surface area contributed by atoms with Gasteiger partial charge >= 0.3 is 0 Å². The van der Waals surface area contributed by atoms with E-state index in [9.17, 15) is 14.9 Å². The summed E-state index contributed by atoms with van der Waals surface area (Å²) in [5.74, 6) is -0.0752. The summed E-state index contributed by atoms with van der Waals surface area (Å²) in [5, 5.41) is 13.5. The van der Waals surface area contributed by atoms with Crippen LogP contribution in [0.3, 0.4) is 0 Å². The van der Waals surface area contributed by atoms with Crippen molar-refractivity contribution in [1.29, 1.82) is 0 Å². The van der Waals surface area contributed by atoms with E-state index in [1.807, 2.05) is 13.8 Å². The summed E-state index contributed by atoms with van der Waals surface area (Å²) in [6.45, 7) is 4.19. The van der Waals surface area contributed by atoms with Gasteiger partial charge in [-0.2, -0.15) is 0 Å². The van der Waals surface area contributed by atoms with E-state index in [0.29, 0.717) is 19.4 Å². The second-order valence-electron chi connectivity index (χ2n) is 4.87. The molecule has 0 fully saturated rings. The van der Waals surface area contributed by atoms with Gasteiger partial charge in [0.2, 0.25) is 5.91 Å². The second-order valence-corrected chi connectivity index (χ2v) is 4.87. The van der Waals surface area contributed by atoms with Gasteiger partial charge in [-0.05, 0) is 44.5 Å². The van der Waals surface area contributed by atoms with Crippen LogP contribution in [0.25, 0.3) is 0 Å². The van der Waals surface area contributed by atoms with Gasteiger partial charge in [0.1, 0.15) is 0 Å². The predicted octanol–water partition coefficient (Wildman–Crippen LogP) is 1.68. The first-order valence-corrected chi connectivity index (χ1v) is 6.13. The summed E-state index contributed by atoms with van der Waals surface area (Å²) < 4.78 is 0. The van der Waals surface area contributed by atoms with Crippen LogP contribution in [0.1, 0.15) is 32.3 Å². The summed E-state index contributed by atoms with van der Waals surface area (Å²) in [5.41, 5.74) is 5.64. The third-order valence-electron chi connectivity index (χ3n) is 2.86. The molecule has 19 heavy (non-hydrogen) atoms. The molecule has 6 nitrogen and oxygen atoms in total. The highest BCUT2D eigenvalue weighted by Crippen LogP contribution is 2.22. The molecule has 0 heterocycles. The maximum atomic E-state index is 11.7. The Hall–Kier alpha value is -1.95. The number of carbonyl (C=O) groups is 1. The Kier molecular flexibility index (Phi) is 5.00. The van der Waals surface area contributed by atoms with Crippen molar-refractivity contribution in [3.63, 3.8) is 0 Å². The highest BCUT2D eigenvalue weighted by molar-refractivity contribution is 5.76. The van der Waals surface area contributed by atoms with Crippen LogP contribution in [0, 0.1) is 10.1 Å². The maximum absolute atomic E-state index is 11.7. The molecule has 1 aromatic carbocycles. The van der Waals surface area contributed by atoms with Crippen LogP contribution in [0.15, 0.2) is 24.3 Å². The molecule has 3 N–H and O–H groups in total. The topological polar surface area (TPSA) is 98.3 Å². The van der Waals surface area contributed by atoms with Crippen molar-refractivity contribution in [3.05, 3.63) is 39.9 Å². The number of carbonyl (C=O) groups excluding carboxylic acids is 1. The molecule has 0 aliphatic carbocycles. The number of nitrogens with two attached hydrogens (primary N) is 1. The third-order valence-corrected chi connectivity index (χ3v) is 2.86. The molecule has 1 aromatic rings. The molecule has 0 saturated carbocycles. The van der Waals surface area contributed by atoms with Gasteiger partial charge in [-0.1, -0.05) is 0 Å².